The van der Waals surface area contributed by atoms with Crippen molar-refractivity contribution in [2.75, 3.05) is 0 Å². The molecule has 4 aromatic rings. The van der Waals surface area contributed by atoms with Gasteiger partial charge in [-0.1, -0.05) is 41.0 Å². The van der Waals surface area contributed by atoms with Crippen LogP contribution < -0.4 is 0 Å². The minimum absolute atomic E-state index is 0.0843. The Hall–Kier alpha value is -3.13. The number of thiazole rings is 1. The first kappa shape index (κ1) is 33.9. The number of rotatable bonds is 6. The third-order valence-corrected chi connectivity index (χ3v) is 6.15. The number of hydrogen-bond donors (Lipinski definition) is 0. The molecule has 0 N–H and O–H groups in total. The highest BCUT2D eigenvalue weighted by molar-refractivity contribution is 7.13. The van der Waals surface area contributed by atoms with Crippen LogP contribution in [0.4, 0.5) is 4.39 Å². The first-order chi connectivity index (χ1) is 18.5. The number of carbonyl (C=O) groups excluding carboxylic acids is 1. The first-order valence-corrected chi connectivity index (χ1v) is 14.6. The van der Waals surface area contributed by atoms with Crippen LogP contribution in [0.3, 0.4) is 0 Å². The maximum atomic E-state index is 13.3. The van der Waals surface area contributed by atoms with Gasteiger partial charge in [0.1, 0.15) is 22.4 Å². The summed E-state index contributed by atoms with van der Waals surface area (Å²) in [4.78, 5) is 20.2. The molecule has 0 amide bonds. The number of Topliss-reactive ketones (excluding diaryl/α,β-unsaturated/α-hetero) is 1. The standard InChI is InChI=1S/C19H20FN3OS.C8H13NO.2C2H6/c1-12(24)9-15-11-25-18(22-15)16-10-21-23(19(2,3)4)17(16)13-5-7-14(20)8-6-13;1-4-5-8-6(2)10-7(3)9-8;2*1-2/h5-8,10-11H,9H2,1-4H3;4-5H2,1-3H3;2*1-2H3. The first-order valence-electron chi connectivity index (χ1n) is 13.7. The van der Waals surface area contributed by atoms with Gasteiger partial charge in [-0.05, 0) is 65.3 Å². The van der Waals surface area contributed by atoms with Gasteiger partial charge in [-0.3, -0.25) is 9.48 Å². The number of carbonyl (C=O) groups is 1. The number of benzene rings is 1. The second-order valence-corrected chi connectivity index (χ2v) is 10.4. The number of ketones is 1. The lowest BCUT2D eigenvalue weighted by Crippen LogP contribution is -2.24. The number of hydrogen-bond acceptors (Lipinski definition) is 6. The Morgan fingerprint density at radius 3 is 2.15 bits per heavy atom. The number of aryl methyl sites for hydroxylation is 3. The van der Waals surface area contributed by atoms with E-state index in [9.17, 15) is 9.18 Å². The van der Waals surface area contributed by atoms with Crippen molar-refractivity contribution >= 4 is 17.1 Å². The van der Waals surface area contributed by atoms with Crippen molar-refractivity contribution in [3.05, 3.63) is 64.7 Å². The summed E-state index contributed by atoms with van der Waals surface area (Å²) in [7, 11) is 0. The average Bonchev–Trinajstić information content (AvgIpc) is 3.61. The van der Waals surface area contributed by atoms with Crippen molar-refractivity contribution < 1.29 is 13.6 Å². The Labute approximate surface area is 237 Å². The molecule has 3 heterocycles. The van der Waals surface area contributed by atoms with Crippen LogP contribution in [0, 0.1) is 19.7 Å². The lowest BCUT2D eigenvalue weighted by molar-refractivity contribution is -0.116. The van der Waals surface area contributed by atoms with Gasteiger partial charge in [0.15, 0.2) is 5.89 Å². The Bertz CT molecular complexity index is 1280. The van der Waals surface area contributed by atoms with Crippen molar-refractivity contribution in [3.8, 4) is 21.8 Å². The third-order valence-electron chi connectivity index (χ3n) is 5.22. The van der Waals surface area contributed by atoms with E-state index >= 15 is 0 Å². The molecule has 39 heavy (non-hydrogen) atoms. The topological polar surface area (TPSA) is 73.8 Å². The summed E-state index contributed by atoms with van der Waals surface area (Å²) in [6.45, 7) is 21.8. The smallest absolute Gasteiger partial charge is 0.191 e. The molecule has 0 aliphatic carbocycles. The molecule has 0 radical (unpaired) electrons. The van der Waals surface area contributed by atoms with E-state index in [0.29, 0.717) is 6.42 Å². The molecule has 0 atom stereocenters. The van der Waals surface area contributed by atoms with Gasteiger partial charge in [0, 0.05) is 24.3 Å². The fourth-order valence-corrected chi connectivity index (χ4v) is 4.54. The minimum atomic E-state index is -0.273. The predicted octanol–water partition coefficient (Wildman–Crippen LogP) is 9.00. The fourth-order valence-electron chi connectivity index (χ4n) is 3.71. The molecule has 8 heteroatoms. The summed E-state index contributed by atoms with van der Waals surface area (Å²) in [5, 5.41) is 7.27. The summed E-state index contributed by atoms with van der Waals surface area (Å²) in [6.07, 6.45) is 4.28. The summed E-state index contributed by atoms with van der Waals surface area (Å²) >= 11 is 1.49. The number of nitrogens with zero attached hydrogens (tertiary/aromatic N) is 4. The molecule has 0 saturated carbocycles. The molecule has 0 bridgehead atoms. The zero-order chi connectivity index (χ0) is 29.8. The molecule has 0 fully saturated rings. The SMILES string of the molecule is CC.CC.CC(=O)Cc1csc(-c2cnn(C(C)(C)C)c2-c2ccc(F)cc2)n1.CCCc1nc(C)oc1C. The van der Waals surface area contributed by atoms with Crippen LogP contribution in [0.5, 0.6) is 0 Å². The highest BCUT2D eigenvalue weighted by Gasteiger charge is 2.24. The fraction of sp³-hybridized carbons (Fsp3) is 0.484. The van der Waals surface area contributed by atoms with E-state index in [-0.39, 0.29) is 17.1 Å². The zero-order valence-corrected chi connectivity index (χ0v) is 26.3. The maximum absolute atomic E-state index is 13.3. The van der Waals surface area contributed by atoms with E-state index in [1.54, 1.807) is 25.3 Å². The molecule has 214 valence electrons. The van der Waals surface area contributed by atoms with Gasteiger partial charge in [0.05, 0.1) is 34.4 Å². The Kier molecular flexibility index (Phi) is 14.0. The van der Waals surface area contributed by atoms with Gasteiger partial charge in [0.25, 0.3) is 0 Å². The minimum Gasteiger partial charge on any atom is -0.446 e. The van der Waals surface area contributed by atoms with Crippen LogP contribution in [0.25, 0.3) is 21.8 Å². The largest absolute Gasteiger partial charge is 0.446 e. The van der Waals surface area contributed by atoms with Gasteiger partial charge in [0.2, 0.25) is 0 Å². The molecule has 0 aliphatic heterocycles. The third kappa shape index (κ3) is 9.84. The second kappa shape index (κ2) is 16.1. The Morgan fingerprint density at radius 1 is 1.05 bits per heavy atom. The van der Waals surface area contributed by atoms with Gasteiger partial charge in [-0.2, -0.15) is 5.10 Å². The molecular weight excluding hydrogens is 511 g/mol. The van der Waals surface area contributed by atoms with Crippen molar-refractivity contribution in [1.29, 1.82) is 0 Å². The van der Waals surface area contributed by atoms with E-state index in [2.05, 4.69) is 42.8 Å². The lowest BCUT2D eigenvalue weighted by Gasteiger charge is -2.23. The maximum Gasteiger partial charge on any atom is 0.191 e. The van der Waals surface area contributed by atoms with Crippen LogP contribution in [0.2, 0.25) is 0 Å². The van der Waals surface area contributed by atoms with Crippen molar-refractivity contribution in [1.82, 2.24) is 19.7 Å². The summed E-state index contributed by atoms with van der Waals surface area (Å²) < 4.78 is 20.5. The molecule has 0 unspecified atom stereocenters. The number of halogens is 1. The quantitative estimate of drug-likeness (QED) is 0.237. The predicted molar refractivity (Wildman–Crippen MR) is 161 cm³/mol. The summed E-state index contributed by atoms with van der Waals surface area (Å²) in [5.41, 5.74) is 4.31. The van der Waals surface area contributed by atoms with Crippen LogP contribution in [-0.2, 0) is 23.2 Å². The number of oxazole rings is 1. The Morgan fingerprint density at radius 2 is 1.67 bits per heavy atom. The lowest BCUT2D eigenvalue weighted by atomic mass is 10.0. The van der Waals surface area contributed by atoms with Crippen LogP contribution in [0.1, 0.15) is 91.8 Å². The van der Waals surface area contributed by atoms with Gasteiger partial charge >= 0.3 is 0 Å². The van der Waals surface area contributed by atoms with E-state index in [1.165, 1.54) is 23.5 Å². The normalized spacial score (nSPS) is 10.5. The van der Waals surface area contributed by atoms with Crippen LogP contribution in [0.15, 0.2) is 40.3 Å². The van der Waals surface area contributed by atoms with Crippen LogP contribution >= 0.6 is 11.3 Å². The molecule has 6 nitrogen and oxygen atoms in total. The van der Waals surface area contributed by atoms with E-state index in [4.69, 9.17) is 4.42 Å². The van der Waals surface area contributed by atoms with Gasteiger partial charge in [-0.25, -0.2) is 14.4 Å². The van der Waals surface area contributed by atoms with Gasteiger partial charge in [-0.15, -0.1) is 11.3 Å². The van der Waals surface area contributed by atoms with E-state index in [1.807, 2.05) is 51.6 Å². The van der Waals surface area contributed by atoms with E-state index < -0.39 is 0 Å². The molecular formula is C31H45FN4O2S. The highest BCUT2D eigenvalue weighted by atomic mass is 32.1. The molecule has 4 rings (SSSR count). The summed E-state index contributed by atoms with van der Waals surface area (Å²) in [5.74, 6) is 1.56. The van der Waals surface area contributed by atoms with E-state index in [0.717, 1.165) is 57.7 Å². The van der Waals surface area contributed by atoms with Crippen LogP contribution in [-0.4, -0.2) is 25.5 Å². The molecule has 3 aromatic heterocycles. The van der Waals surface area contributed by atoms with Crippen molar-refractivity contribution in [2.24, 2.45) is 0 Å². The highest BCUT2D eigenvalue weighted by Crippen LogP contribution is 2.36. The molecule has 0 saturated heterocycles. The molecule has 0 aliphatic rings. The summed E-state index contributed by atoms with van der Waals surface area (Å²) in [6, 6.07) is 6.40. The number of aromatic nitrogens is 4. The monoisotopic (exact) mass is 556 g/mol. The molecule has 1 aromatic carbocycles. The zero-order valence-electron chi connectivity index (χ0n) is 25.5. The van der Waals surface area contributed by atoms with Crippen molar-refractivity contribution in [3.63, 3.8) is 0 Å². The second-order valence-electron chi connectivity index (χ2n) is 9.50. The average molecular weight is 557 g/mol. The van der Waals surface area contributed by atoms with Gasteiger partial charge < -0.3 is 4.42 Å². The Balaban J connectivity index is 0.000000454. The molecule has 0 spiro atoms. The van der Waals surface area contributed by atoms with Crippen molar-refractivity contribution in [2.45, 2.75) is 101 Å².